The Labute approximate surface area is 95.5 Å². The third-order valence-corrected chi connectivity index (χ3v) is 2.08. The maximum atomic E-state index is 10.4. The summed E-state index contributed by atoms with van der Waals surface area (Å²) >= 11 is 10.5. The van der Waals surface area contributed by atoms with E-state index in [0.29, 0.717) is 5.69 Å². The Balaban J connectivity index is 2.93. The summed E-state index contributed by atoms with van der Waals surface area (Å²) in [6, 6.07) is 3.99. The van der Waals surface area contributed by atoms with Crippen molar-refractivity contribution in [3.8, 4) is 0 Å². The zero-order chi connectivity index (χ0) is 11.4. The molecule has 0 unspecified atom stereocenters. The number of anilines is 1. The van der Waals surface area contributed by atoms with Gasteiger partial charge in [0, 0.05) is 12.1 Å². The van der Waals surface area contributed by atoms with Gasteiger partial charge in [-0.3, -0.25) is 10.1 Å². The number of hydrazine groups is 1. The summed E-state index contributed by atoms with van der Waals surface area (Å²) in [5.74, 6) is 5.04. The molecule has 0 aliphatic carbocycles. The van der Waals surface area contributed by atoms with Gasteiger partial charge in [-0.2, -0.15) is 0 Å². The van der Waals surface area contributed by atoms with Gasteiger partial charge >= 0.3 is 0 Å². The van der Waals surface area contributed by atoms with Gasteiger partial charge in [-0.15, -0.1) is 0 Å². The highest BCUT2D eigenvalue weighted by Crippen LogP contribution is 2.26. The van der Waals surface area contributed by atoms with Crippen LogP contribution in [0.3, 0.4) is 0 Å². The lowest BCUT2D eigenvalue weighted by Gasteiger charge is -2.07. The molecule has 80 valence electrons. The second kappa shape index (κ2) is 4.87. The molecule has 0 radical (unpaired) electrons. The van der Waals surface area contributed by atoms with Crippen molar-refractivity contribution >= 4 is 40.3 Å². The van der Waals surface area contributed by atoms with Crippen LogP contribution >= 0.6 is 23.8 Å². The number of hydrogen-bond acceptors (Lipinski definition) is 4. The topological polar surface area (TPSA) is 93.2 Å². The number of hydrogen-bond donors (Lipinski definition) is 3. The molecule has 0 amide bonds. The molecule has 0 fully saturated rings. The monoisotopic (exact) mass is 246 g/mol. The number of nitrogens with one attached hydrogen (secondary N) is 2. The van der Waals surface area contributed by atoms with Crippen LogP contribution in [0.1, 0.15) is 0 Å². The Morgan fingerprint density at radius 2 is 2.27 bits per heavy atom. The quantitative estimate of drug-likeness (QED) is 0.316. The lowest BCUT2D eigenvalue weighted by molar-refractivity contribution is -0.384. The highest BCUT2D eigenvalue weighted by molar-refractivity contribution is 7.80. The minimum absolute atomic E-state index is 0.0859. The first kappa shape index (κ1) is 11.6. The maximum absolute atomic E-state index is 10.4. The predicted octanol–water partition coefficient (Wildman–Crippen LogP) is 1.41. The summed E-state index contributed by atoms with van der Waals surface area (Å²) in [6.45, 7) is 0. The molecule has 15 heavy (non-hydrogen) atoms. The Kier molecular flexibility index (Phi) is 3.78. The third-order valence-electron chi connectivity index (χ3n) is 1.54. The number of nitro benzene ring substituents is 1. The van der Waals surface area contributed by atoms with Gasteiger partial charge in [-0.25, -0.2) is 5.84 Å². The van der Waals surface area contributed by atoms with Gasteiger partial charge in [-0.1, -0.05) is 11.6 Å². The van der Waals surface area contributed by atoms with E-state index in [9.17, 15) is 10.1 Å². The summed E-state index contributed by atoms with van der Waals surface area (Å²) in [7, 11) is 0. The molecule has 0 aliphatic heterocycles. The van der Waals surface area contributed by atoms with E-state index in [4.69, 9.17) is 29.7 Å². The molecule has 1 rings (SSSR count). The molecule has 0 heterocycles. The Bertz CT molecular complexity index is 412. The molecule has 0 saturated carbocycles. The number of nitro groups is 1. The number of nitrogens with two attached hydrogens (primary N) is 1. The number of halogens is 1. The first-order valence-corrected chi connectivity index (χ1v) is 4.54. The lowest BCUT2D eigenvalue weighted by atomic mass is 10.3. The van der Waals surface area contributed by atoms with E-state index in [-0.39, 0.29) is 15.8 Å². The molecule has 0 aromatic heterocycles. The van der Waals surface area contributed by atoms with Crippen LogP contribution < -0.4 is 16.6 Å². The van der Waals surface area contributed by atoms with Crippen molar-refractivity contribution in [2.24, 2.45) is 5.84 Å². The number of non-ortho nitro benzene ring substituents is 1. The third kappa shape index (κ3) is 3.01. The molecule has 1 aromatic rings. The molecule has 0 aliphatic rings. The van der Waals surface area contributed by atoms with Gasteiger partial charge in [0.05, 0.1) is 15.6 Å². The second-order valence-electron chi connectivity index (χ2n) is 2.52. The van der Waals surface area contributed by atoms with Gasteiger partial charge in [0.25, 0.3) is 5.69 Å². The molecule has 0 spiro atoms. The predicted molar refractivity (Wildman–Crippen MR) is 61.7 cm³/mol. The second-order valence-corrected chi connectivity index (χ2v) is 3.34. The van der Waals surface area contributed by atoms with Crippen LogP contribution in [0.4, 0.5) is 11.4 Å². The van der Waals surface area contributed by atoms with E-state index in [1.54, 1.807) is 0 Å². The van der Waals surface area contributed by atoms with E-state index in [1.807, 2.05) is 0 Å². The summed E-state index contributed by atoms with van der Waals surface area (Å²) in [6.07, 6.45) is 0. The van der Waals surface area contributed by atoms with Crippen molar-refractivity contribution in [3.05, 3.63) is 33.3 Å². The number of thiocarbonyl (C=S) groups is 1. The van der Waals surface area contributed by atoms with Gasteiger partial charge in [0.2, 0.25) is 0 Å². The van der Waals surface area contributed by atoms with Crippen molar-refractivity contribution < 1.29 is 4.92 Å². The molecule has 0 bridgehead atoms. The summed E-state index contributed by atoms with van der Waals surface area (Å²) in [5.41, 5.74) is 2.57. The van der Waals surface area contributed by atoms with Crippen LogP contribution in [0.5, 0.6) is 0 Å². The van der Waals surface area contributed by atoms with Crippen molar-refractivity contribution in [2.45, 2.75) is 0 Å². The maximum Gasteiger partial charge on any atom is 0.271 e. The lowest BCUT2D eigenvalue weighted by Crippen LogP contribution is -2.34. The van der Waals surface area contributed by atoms with Crippen molar-refractivity contribution in [2.75, 3.05) is 5.32 Å². The van der Waals surface area contributed by atoms with Gasteiger partial charge in [0.15, 0.2) is 5.11 Å². The summed E-state index contributed by atoms with van der Waals surface area (Å²) in [5, 5.41) is 13.4. The molecule has 1 aromatic carbocycles. The van der Waals surface area contributed by atoms with E-state index in [0.717, 1.165) is 0 Å². The van der Waals surface area contributed by atoms with Gasteiger partial charge in [0.1, 0.15) is 0 Å². The standard InChI is InChI=1S/C7H7ClN4O2S/c8-5-3-4(12(13)14)1-2-6(5)10-7(15)11-9/h1-3H,9H2,(H2,10,11,15). The normalized spacial score (nSPS) is 9.47. The smallest absolute Gasteiger partial charge is 0.271 e. The van der Waals surface area contributed by atoms with Crippen LogP contribution in [0.15, 0.2) is 18.2 Å². The highest BCUT2D eigenvalue weighted by atomic mass is 35.5. The fourth-order valence-corrected chi connectivity index (χ4v) is 1.21. The number of rotatable bonds is 2. The SMILES string of the molecule is NNC(=S)Nc1ccc([N+](=O)[O-])cc1Cl. The molecule has 0 atom stereocenters. The van der Waals surface area contributed by atoms with E-state index in [2.05, 4.69) is 10.7 Å². The molecular weight excluding hydrogens is 240 g/mol. The van der Waals surface area contributed by atoms with Crippen LogP contribution in [-0.2, 0) is 0 Å². The fourth-order valence-electron chi connectivity index (χ4n) is 0.877. The molecule has 0 saturated heterocycles. The van der Waals surface area contributed by atoms with Crippen LogP contribution in [-0.4, -0.2) is 10.0 Å². The molecule has 6 nitrogen and oxygen atoms in total. The number of benzene rings is 1. The van der Waals surface area contributed by atoms with E-state index in [1.165, 1.54) is 18.2 Å². The minimum Gasteiger partial charge on any atom is -0.330 e. The molecule has 8 heteroatoms. The summed E-state index contributed by atoms with van der Waals surface area (Å²) in [4.78, 5) is 9.88. The van der Waals surface area contributed by atoms with Crippen LogP contribution in [0.25, 0.3) is 0 Å². The Morgan fingerprint density at radius 3 is 2.73 bits per heavy atom. The zero-order valence-electron chi connectivity index (χ0n) is 7.36. The fraction of sp³-hybridized carbons (Fsp3) is 0. The van der Waals surface area contributed by atoms with E-state index >= 15 is 0 Å². The Hall–Kier alpha value is -1.44. The highest BCUT2D eigenvalue weighted by Gasteiger charge is 2.09. The van der Waals surface area contributed by atoms with E-state index < -0.39 is 4.92 Å². The average molecular weight is 247 g/mol. The van der Waals surface area contributed by atoms with Gasteiger partial charge < -0.3 is 10.7 Å². The molecular formula is C7H7ClN4O2S. The Morgan fingerprint density at radius 1 is 1.60 bits per heavy atom. The largest absolute Gasteiger partial charge is 0.330 e. The first-order chi connectivity index (χ1) is 7.04. The minimum atomic E-state index is -0.533. The van der Waals surface area contributed by atoms with Crippen molar-refractivity contribution in [3.63, 3.8) is 0 Å². The van der Waals surface area contributed by atoms with Gasteiger partial charge in [-0.05, 0) is 18.3 Å². The summed E-state index contributed by atoms with van der Waals surface area (Å²) < 4.78 is 0. The van der Waals surface area contributed by atoms with Crippen molar-refractivity contribution in [1.29, 1.82) is 0 Å². The van der Waals surface area contributed by atoms with Crippen LogP contribution in [0, 0.1) is 10.1 Å². The first-order valence-electron chi connectivity index (χ1n) is 3.76. The zero-order valence-corrected chi connectivity index (χ0v) is 8.93. The van der Waals surface area contributed by atoms with Crippen LogP contribution in [0.2, 0.25) is 5.02 Å². The van der Waals surface area contributed by atoms with Crippen molar-refractivity contribution in [1.82, 2.24) is 5.43 Å². The average Bonchev–Trinajstić information content (AvgIpc) is 2.20. The number of nitrogens with zero attached hydrogens (tertiary/aromatic N) is 1. The molecule has 4 N–H and O–H groups in total.